The second-order valence-electron chi connectivity index (χ2n) is 5.32. The van der Waals surface area contributed by atoms with Crippen molar-refractivity contribution in [3.63, 3.8) is 0 Å². The van der Waals surface area contributed by atoms with E-state index >= 15 is 0 Å². The van der Waals surface area contributed by atoms with Crippen molar-refractivity contribution in [3.05, 3.63) is 21.7 Å². The first-order valence-corrected chi connectivity index (χ1v) is 8.18. The van der Waals surface area contributed by atoms with Gasteiger partial charge in [-0.25, -0.2) is 9.39 Å². The van der Waals surface area contributed by atoms with E-state index in [-0.39, 0.29) is 12.2 Å². The first kappa shape index (κ1) is 15.4. The number of methoxy groups -OCH3 is 1. The Labute approximate surface area is 136 Å². The van der Waals surface area contributed by atoms with Crippen molar-refractivity contribution in [2.75, 3.05) is 7.11 Å². The molecule has 0 saturated carbocycles. The lowest BCUT2D eigenvalue weighted by molar-refractivity contribution is 0.176. The van der Waals surface area contributed by atoms with Gasteiger partial charge in [-0.2, -0.15) is 0 Å². The van der Waals surface area contributed by atoms with Crippen LogP contribution in [0.3, 0.4) is 0 Å². The predicted molar refractivity (Wildman–Crippen MR) is 87.2 cm³/mol. The van der Waals surface area contributed by atoms with Crippen molar-refractivity contribution in [3.8, 4) is 0 Å². The van der Waals surface area contributed by atoms with Gasteiger partial charge in [0.1, 0.15) is 12.4 Å². The SMILES string of the molecule is CCCCCn1c2c(c(=O)n3c(COC)nnc13)CC(Br)=N2. The lowest BCUT2D eigenvalue weighted by atomic mass is 10.2. The van der Waals surface area contributed by atoms with E-state index in [0.29, 0.717) is 29.4 Å². The van der Waals surface area contributed by atoms with Crippen LogP contribution in [0.4, 0.5) is 5.82 Å². The number of aryl methyl sites for hydroxylation is 1. The van der Waals surface area contributed by atoms with Crippen LogP contribution >= 0.6 is 15.9 Å². The molecule has 0 N–H and O–H groups in total. The van der Waals surface area contributed by atoms with Gasteiger partial charge in [0, 0.05) is 20.1 Å². The number of aromatic nitrogens is 4. The number of hydrogen-bond donors (Lipinski definition) is 0. The number of rotatable bonds is 6. The summed E-state index contributed by atoms with van der Waals surface area (Å²) in [6.45, 7) is 3.19. The van der Waals surface area contributed by atoms with Gasteiger partial charge >= 0.3 is 0 Å². The zero-order chi connectivity index (χ0) is 15.7. The second-order valence-corrected chi connectivity index (χ2v) is 6.23. The third-order valence-electron chi connectivity index (χ3n) is 3.75. The van der Waals surface area contributed by atoms with Crippen LogP contribution in [-0.2, 0) is 24.3 Å². The normalized spacial score (nSPS) is 13.7. The minimum atomic E-state index is -0.105. The van der Waals surface area contributed by atoms with Crippen LogP contribution in [0, 0.1) is 0 Å². The average molecular weight is 368 g/mol. The molecule has 8 heteroatoms. The van der Waals surface area contributed by atoms with Crippen molar-refractivity contribution >= 4 is 32.1 Å². The summed E-state index contributed by atoms with van der Waals surface area (Å²) in [4.78, 5) is 17.2. The third kappa shape index (κ3) is 2.50. The number of aliphatic imine (C=N–C) groups is 1. The molecule has 0 aliphatic carbocycles. The maximum atomic E-state index is 12.7. The van der Waals surface area contributed by atoms with Crippen LogP contribution < -0.4 is 5.56 Å². The summed E-state index contributed by atoms with van der Waals surface area (Å²) in [7, 11) is 1.58. The van der Waals surface area contributed by atoms with Gasteiger partial charge in [-0.1, -0.05) is 19.8 Å². The molecule has 1 aliphatic heterocycles. The minimum absolute atomic E-state index is 0.105. The van der Waals surface area contributed by atoms with Crippen molar-refractivity contribution in [1.29, 1.82) is 0 Å². The van der Waals surface area contributed by atoms with Crippen LogP contribution in [0.1, 0.15) is 37.6 Å². The fourth-order valence-corrected chi connectivity index (χ4v) is 3.16. The summed E-state index contributed by atoms with van der Waals surface area (Å²) >= 11 is 3.41. The summed E-state index contributed by atoms with van der Waals surface area (Å²) < 4.78 is 9.44. The van der Waals surface area contributed by atoms with E-state index in [1.807, 2.05) is 4.57 Å². The lowest BCUT2D eigenvalue weighted by Gasteiger charge is -2.12. The topological polar surface area (TPSA) is 73.8 Å². The number of nitrogens with zero attached hydrogens (tertiary/aromatic N) is 5. The van der Waals surface area contributed by atoms with Crippen molar-refractivity contribution in [2.24, 2.45) is 4.99 Å². The zero-order valence-electron chi connectivity index (χ0n) is 12.7. The van der Waals surface area contributed by atoms with Crippen molar-refractivity contribution in [2.45, 2.75) is 45.8 Å². The molecule has 0 radical (unpaired) electrons. The molecular formula is C14H18BrN5O2. The number of fused-ring (bicyclic) bond motifs is 2. The van der Waals surface area contributed by atoms with Crippen LogP contribution in [0.5, 0.6) is 0 Å². The molecule has 3 rings (SSSR count). The molecule has 0 saturated heterocycles. The molecule has 0 fully saturated rings. The molecule has 0 aromatic carbocycles. The highest BCUT2D eigenvalue weighted by Gasteiger charge is 2.25. The Morgan fingerprint density at radius 2 is 2.14 bits per heavy atom. The second kappa shape index (κ2) is 6.29. The van der Waals surface area contributed by atoms with Crippen LogP contribution in [-0.4, -0.2) is 30.9 Å². The van der Waals surface area contributed by atoms with Gasteiger partial charge in [-0.15, -0.1) is 10.2 Å². The van der Waals surface area contributed by atoms with Gasteiger partial charge in [0.25, 0.3) is 5.56 Å². The molecule has 0 amide bonds. The van der Waals surface area contributed by atoms with Crippen LogP contribution in [0.25, 0.3) is 5.78 Å². The summed E-state index contributed by atoms with van der Waals surface area (Å²) in [5, 5.41) is 8.29. The molecule has 22 heavy (non-hydrogen) atoms. The molecule has 1 aliphatic rings. The fraction of sp³-hybridized carbons (Fsp3) is 0.571. The molecule has 7 nitrogen and oxygen atoms in total. The van der Waals surface area contributed by atoms with Gasteiger partial charge in [-0.05, 0) is 22.4 Å². The monoisotopic (exact) mass is 367 g/mol. The maximum absolute atomic E-state index is 12.7. The molecule has 3 heterocycles. The number of halogens is 1. The molecule has 2 aromatic rings. The molecule has 0 bridgehead atoms. The Bertz CT molecular complexity index is 793. The molecule has 0 unspecified atom stereocenters. The van der Waals surface area contributed by atoms with Crippen molar-refractivity contribution in [1.82, 2.24) is 19.2 Å². The van der Waals surface area contributed by atoms with Gasteiger partial charge in [-0.3, -0.25) is 9.36 Å². The highest BCUT2D eigenvalue weighted by atomic mass is 79.9. The smallest absolute Gasteiger partial charge is 0.266 e. The highest BCUT2D eigenvalue weighted by Crippen LogP contribution is 2.28. The van der Waals surface area contributed by atoms with Gasteiger partial charge in [0.05, 0.1) is 10.2 Å². The quantitative estimate of drug-likeness (QED) is 0.733. The Kier molecular flexibility index (Phi) is 4.39. The fourth-order valence-electron chi connectivity index (χ4n) is 2.71. The number of ether oxygens (including phenoxy) is 1. The van der Waals surface area contributed by atoms with E-state index in [9.17, 15) is 4.79 Å². The number of unbranched alkanes of at least 4 members (excludes halogenated alkanes) is 2. The van der Waals surface area contributed by atoms with Gasteiger partial charge in [0.15, 0.2) is 5.82 Å². The summed E-state index contributed by atoms with van der Waals surface area (Å²) in [6.07, 6.45) is 3.79. The summed E-state index contributed by atoms with van der Waals surface area (Å²) in [5.74, 6) is 1.77. The molecule has 2 aromatic heterocycles. The molecule has 118 valence electrons. The zero-order valence-corrected chi connectivity index (χ0v) is 14.3. The number of hydrogen-bond acceptors (Lipinski definition) is 5. The van der Waals surface area contributed by atoms with E-state index in [0.717, 1.165) is 30.4 Å². The van der Waals surface area contributed by atoms with E-state index in [4.69, 9.17) is 4.74 Å². The predicted octanol–water partition coefficient (Wildman–Crippen LogP) is 2.21. The summed E-state index contributed by atoms with van der Waals surface area (Å²) in [6, 6.07) is 0. The average Bonchev–Trinajstić information content (AvgIpc) is 3.07. The van der Waals surface area contributed by atoms with Crippen LogP contribution in [0.15, 0.2) is 9.79 Å². The minimum Gasteiger partial charge on any atom is -0.377 e. The van der Waals surface area contributed by atoms with E-state index in [2.05, 4.69) is 38.0 Å². The van der Waals surface area contributed by atoms with E-state index in [1.54, 1.807) is 11.5 Å². The third-order valence-corrected chi connectivity index (χ3v) is 4.21. The molecule has 0 spiro atoms. The lowest BCUT2D eigenvalue weighted by Crippen LogP contribution is -2.23. The largest absolute Gasteiger partial charge is 0.377 e. The maximum Gasteiger partial charge on any atom is 0.266 e. The van der Waals surface area contributed by atoms with Gasteiger partial charge < -0.3 is 4.74 Å². The van der Waals surface area contributed by atoms with Gasteiger partial charge in [0.2, 0.25) is 5.78 Å². The highest BCUT2D eigenvalue weighted by molar-refractivity contribution is 9.18. The van der Waals surface area contributed by atoms with E-state index in [1.165, 1.54) is 0 Å². The first-order valence-electron chi connectivity index (χ1n) is 7.39. The first-order chi connectivity index (χ1) is 10.7. The standard InChI is InChI=1S/C14H18BrN5O2/c1-3-4-5-6-19-12-9(7-10(15)16-12)13(21)20-11(8-22-2)17-18-14(19)20/h3-8H2,1-2H3. The van der Waals surface area contributed by atoms with Crippen molar-refractivity contribution < 1.29 is 4.74 Å². The van der Waals surface area contributed by atoms with E-state index < -0.39 is 0 Å². The Morgan fingerprint density at radius 3 is 2.86 bits per heavy atom. The Hall–Kier alpha value is -1.54. The molecular weight excluding hydrogens is 350 g/mol. The Morgan fingerprint density at radius 1 is 1.32 bits per heavy atom. The Balaban J connectivity index is 2.19. The molecule has 0 atom stereocenters. The summed E-state index contributed by atoms with van der Waals surface area (Å²) in [5.41, 5.74) is 0.583. The van der Waals surface area contributed by atoms with Crippen LogP contribution in [0.2, 0.25) is 0 Å².